The molecule has 1 atom stereocenters. The molecule has 3 heterocycles. The Morgan fingerprint density at radius 2 is 1.97 bits per heavy atom. The lowest BCUT2D eigenvalue weighted by atomic mass is 10.0. The summed E-state index contributed by atoms with van der Waals surface area (Å²) in [4.78, 5) is 18.7. The number of benzene rings is 1. The Morgan fingerprint density at radius 3 is 2.77 bits per heavy atom. The van der Waals surface area contributed by atoms with Crippen LogP contribution < -0.4 is 5.32 Å². The summed E-state index contributed by atoms with van der Waals surface area (Å²) in [6, 6.07) is 14.2. The van der Waals surface area contributed by atoms with Crippen molar-refractivity contribution in [2.24, 2.45) is 0 Å². The molecule has 1 aliphatic heterocycles. The number of nitrogens with one attached hydrogen (secondary N) is 1. The molecule has 0 saturated carbocycles. The normalized spacial score (nSPS) is 15.2. The average molecular weight is 405 g/mol. The molecule has 1 aromatic carbocycles. The van der Waals surface area contributed by atoms with Gasteiger partial charge in [-0.25, -0.2) is 0 Å². The van der Waals surface area contributed by atoms with Gasteiger partial charge in [0.1, 0.15) is 11.6 Å². The zero-order chi connectivity index (χ0) is 20.8. The smallest absolute Gasteiger partial charge is 0.252 e. The van der Waals surface area contributed by atoms with E-state index in [1.807, 2.05) is 0 Å². The van der Waals surface area contributed by atoms with Crippen LogP contribution in [0.1, 0.15) is 40.4 Å². The van der Waals surface area contributed by atoms with Crippen LogP contribution in [0.25, 0.3) is 0 Å². The molecular weight excluding hydrogens is 376 g/mol. The summed E-state index contributed by atoms with van der Waals surface area (Å²) in [6.07, 6.45) is 4.80. The second-order valence-electron chi connectivity index (χ2n) is 7.79. The third-order valence-electron chi connectivity index (χ3n) is 5.65. The van der Waals surface area contributed by atoms with Crippen LogP contribution in [0.2, 0.25) is 0 Å². The molecule has 3 aromatic rings. The van der Waals surface area contributed by atoms with Gasteiger partial charge < -0.3 is 14.8 Å². The van der Waals surface area contributed by atoms with Gasteiger partial charge in [-0.2, -0.15) is 0 Å². The number of fused-ring (bicyclic) bond motifs is 1. The first-order valence-electron chi connectivity index (χ1n) is 10.6. The summed E-state index contributed by atoms with van der Waals surface area (Å²) in [5.41, 5.74) is 1.95. The second-order valence-corrected chi connectivity index (χ2v) is 7.79. The summed E-state index contributed by atoms with van der Waals surface area (Å²) in [5, 5.41) is 11.7. The van der Waals surface area contributed by atoms with Crippen LogP contribution >= 0.6 is 0 Å². The third-order valence-corrected chi connectivity index (χ3v) is 5.65. The summed E-state index contributed by atoms with van der Waals surface area (Å²) >= 11 is 0. The fourth-order valence-corrected chi connectivity index (χ4v) is 3.96. The van der Waals surface area contributed by atoms with E-state index in [1.165, 1.54) is 5.56 Å². The first-order chi connectivity index (χ1) is 14.7. The highest BCUT2D eigenvalue weighted by molar-refractivity contribution is 5.93. The molecule has 0 aliphatic carbocycles. The summed E-state index contributed by atoms with van der Waals surface area (Å²) in [6.45, 7) is 6.72. The van der Waals surface area contributed by atoms with Crippen molar-refractivity contribution in [3.8, 4) is 0 Å². The fourth-order valence-electron chi connectivity index (χ4n) is 3.96. The molecule has 1 aliphatic rings. The number of pyridine rings is 1. The van der Waals surface area contributed by atoms with Gasteiger partial charge in [-0.1, -0.05) is 37.3 Å². The quantitative estimate of drug-likeness (QED) is 0.654. The van der Waals surface area contributed by atoms with E-state index < -0.39 is 0 Å². The molecule has 0 saturated heterocycles. The molecule has 1 amide bonds. The van der Waals surface area contributed by atoms with Crippen LogP contribution in [0.4, 0.5) is 0 Å². The second kappa shape index (κ2) is 9.63. The monoisotopic (exact) mass is 404 g/mol. The van der Waals surface area contributed by atoms with E-state index in [2.05, 4.69) is 67.2 Å². The number of hydrogen-bond donors (Lipinski definition) is 1. The number of carbonyl (C=O) groups excluding carboxylic acids is 1. The first kappa shape index (κ1) is 20.2. The number of nitrogens with zero attached hydrogens (tertiary/aromatic N) is 5. The number of rotatable bonds is 7. The van der Waals surface area contributed by atoms with Gasteiger partial charge in [-0.05, 0) is 23.6 Å². The Balaban J connectivity index is 1.30. The lowest BCUT2D eigenvalue weighted by molar-refractivity contribution is 0.0953. The van der Waals surface area contributed by atoms with E-state index in [0.29, 0.717) is 24.4 Å². The standard InChI is InChI=1S/C23H28N6O/c1-18(19-6-3-2-4-7-19)17-28-13-10-22-27-26-21(29(22)15-14-28)9-12-25-23(30)20-8-5-11-24-16-20/h2-8,11,16,18H,9-10,12-15,17H2,1H3,(H,25,30). The maximum atomic E-state index is 12.2. The average Bonchev–Trinajstić information content (AvgIpc) is 3.06. The highest BCUT2D eigenvalue weighted by atomic mass is 16.1. The third kappa shape index (κ3) is 4.91. The van der Waals surface area contributed by atoms with E-state index in [4.69, 9.17) is 0 Å². The van der Waals surface area contributed by atoms with E-state index >= 15 is 0 Å². The van der Waals surface area contributed by atoms with Crippen LogP contribution in [0, 0.1) is 0 Å². The molecule has 0 bridgehead atoms. The van der Waals surface area contributed by atoms with Crippen LogP contribution in [-0.4, -0.2) is 56.7 Å². The highest BCUT2D eigenvalue weighted by Gasteiger charge is 2.20. The molecule has 30 heavy (non-hydrogen) atoms. The van der Waals surface area contributed by atoms with Gasteiger partial charge in [0.25, 0.3) is 5.91 Å². The molecule has 0 radical (unpaired) electrons. The summed E-state index contributed by atoms with van der Waals surface area (Å²) in [7, 11) is 0. The van der Waals surface area contributed by atoms with E-state index in [-0.39, 0.29) is 5.91 Å². The Kier molecular flexibility index (Phi) is 6.49. The molecule has 1 unspecified atom stereocenters. The molecule has 7 nitrogen and oxygen atoms in total. The van der Waals surface area contributed by atoms with Crippen molar-refractivity contribution in [3.05, 3.63) is 77.6 Å². The van der Waals surface area contributed by atoms with Gasteiger partial charge in [-0.15, -0.1) is 10.2 Å². The largest absolute Gasteiger partial charge is 0.352 e. The van der Waals surface area contributed by atoms with Crippen molar-refractivity contribution in [2.45, 2.75) is 32.2 Å². The number of hydrogen-bond acceptors (Lipinski definition) is 5. The van der Waals surface area contributed by atoms with Crippen molar-refractivity contribution in [2.75, 3.05) is 26.2 Å². The zero-order valence-corrected chi connectivity index (χ0v) is 17.4. The Labute approximate surface area is 177 Å². The van der Waals surface area contributed by atoms with Crippen molar-refractivity contribution in [1.82, 2.24) is 30.0 Å². The molecule has 0 fully saturated rings. The fraction of sp³-hybridized carbons (Fsp3) is 0.391. The minimum atomic E-state index is -0.111. The van der Waals surface area contributed by atoms with Gasteiger partial charge in [0, 0.05) is 58.0 Å². The lowest BCUT2D eigenvalue weighted by Crippen LogP contribution is -2.31. The van der Waals surface area contributed by atoms with Gasteiger partial charge in [-0.3, -0.25) is 9.78 Å². The van der Waals surface area contributed by atoms with E-state index in [0.717, 1.165) is 44.2 Å². The Bertz CT molecular complexity index is 956. The number of carbonyl (C=O) groups is 1. The molecule has 1 N–H and O–H groups in total. The minimum Gasteiger partial charge on any atom is -0.352 e. The summed E-state index contributed by atoms with van der Waals surface area (Å²) < 4.78 is 2.23. The predicted octanol–water partition coefficient (Wildman–Crippen LogP) is 2.31. The van der Waals surface area contributed by atoms with Gasteiger partial charge >= 0.3 is 0 Å². The number of aromatic nitrogens is 4. The zero-order valence-electron chi connectivity index (χ0n) is 17.4. The molecule has 4 rings (SSSR count). The maximum Gasteiger partial charge on any atom is 0.252 e. The Morgan fingerprint density at radius 1 is 1.10 bits per heavy atom. The molecule has 0 spiro atoms. The summed E-state index contributed by atoms with van der Waals surface area (Å²) in [5.74, 6) is 2.37. The number of amides is 1. The molecular formula is C23H28N6O. The highest BCUT2D eigenvalue weighted by Crippen LogP contribution is 2.18. The van der Waals surface area contributed by atoms with Crippen molar-refractivity contribution in [1.29, 1.82) is 0 Å². The van der Waals surface area contributed by atoms with E-state index in [9.17, 15) is 4.79 Å². The lowest BCUT2D eigenvalue weighted by Gasteiger charge is -2.24. The van der Waals surface area contributed by atoms with Crippen LogP contribution in [0.15, 0.2) is 54.9 Å². The minimum absolute atomic E-state index is 0.111. The Hall–Kier alpha value is -3.06. The predicted molar refractivity (Wildman–Crippen MR) is 115 cm³/mol. The van der Waals surface area contributed by atoms with Crippen LogP contribution in [0.5, 0.6) is 0 Å². The maximum absolute atomic E-state index is 12.2. The van der Waals surface area contributed by atoms with E-state index in [1.54, 1.807) is 24.5 Å². The molecule has 156 valence electrons. The topological polar surface area (TPSA) is 75.9 Å². The van der Waals surface area contributed by atoms with Gasteiger partial charge in [0.15, 0.2) is 0 Å². The van der Waals surface area contributed by atoms with Gasteiger partial charge in [0.05, 0.1) is 5.56 Å². The van der Waals surface area contributed by atoms with Crippen LogP contribution in [-0.2, 0) is 19.4 Å². The van der Waals surface area contributed by atoms with Crippen LogP contribution in [0.3, 0.4) is 0 Å². The first-order valence-corrected chi connectivity index (χ1v) is 10.6. The van der Waals surface area contributed by atoms with Crippen molar-refractivity contribution < 1.29 is 4.79 Å². The SMILES string of the molecule is CC(CN1CCc2nnc(CCNC(=O)c3cccnc3)n2CC1)c1ccccc1. The van der Waals surface area contributed by atoms with Gasteiger partial charge in [0.2, 0.25) is 0 Å². The van der Waals surface area contributed by atoms with Crippen molar-refractivity contribution in [3.63, 3.8) is 0 Å². The molecule has 7 heteroatoms. The van der Waals surface area contributed by atoms with Crippen molar-refractivity contribution >= 4 is 5.91 Å². The molecule has 2 aromatic heterocycles.